The number of hydrogen-bond acceptors (Lipinski definition) is 3. The molecular weight excluding hydrogens is 419 g/mol. The number of rotatable bonds is 3. The summed E-state index contributed by atoms with van der Waals surface area (Å²) in [4.78, 5) is 32.1. The van der Waals surface area contributed by atoms with E-state index in [2.05, 4.69) is 4.90 Å². The van der Waals surface area contributed by atoms with Crippen molar-refractivity contribution in [2.24, 2.45) is 0 Å². The molecule has 0 N–H and O–H groups in total. The fourth-order valence-corrected chi connectivity index (χ4v) is 4.94. The van der Waals surface area contributed by atoms with Gasteiger partial charge in [0, 0.05) is 50.7 Å². The van der Waals surface area contributed by atoms with E-state index in [1.54, 1.807) is 22.8 Å². The molecule has 2 aliphatic heterocycles. The lowest BCUT2D eigenvalue weighted by atomic mass is 10.1. The Morgan fingerprint density at radius 2 is 1.48 bits per heavy atom. The molecule has 0 spiro atoms. The topological polar surface area (TPSA) is 48.8 Å². The van der Waals surface area contributed by atoms with Crippen molar-refractivity contribution in [2.45, 2.75) is 25.8 Å². The Kier molecular flexibility index (Phi) is 6.03. The monoisotopic (exact) mass is 448 g/mol. The van der Waals surface area contributed by atoms with E-state index in [1.807, 2.05) is 34.1 Å². The second kappa shape index (κ2) is 9.25. The molecular formula is C26H29FN4O2. The van der Waals surface area contributed by atoms with E-state index in [4.69, 9.17) is 0 Å². The maximum atomic E-state index is 13.3. The van der Waals surface area contributed by atoms with Crippen LogP contribution in [-0.4, -0.2) is 59.7 Å². The van der Waals surface area contributed by atoms with Crippen LogP contribution in [0.2, 0.25) is 0 Å². The minimum absolute atomic E-state index is 0.0835. The molecule has 7 heteroatoms. The second-order valence-electron chi connectivity index (χ2n) is 8.90. The van der Waals surface area contributed by atoms with Crippen LogP contribution in [0.1, 0.15) is 24.8 Å². The standard InChI is InChI=1S/C26H29FN4O2/c27-21-10-8-20(9-11-21)19-31-23-7-3-2-6-22(23)24(18-25(31)32)28-14-16-30(17-15-28)26(33)29-12-4-1-5-13-29/h2-3,6-11,18H,1,4-5,12-17,19H2. The zero-order valence-electron chi connectivity index (χ0n) is 18.8. The van der Waals surface area contributed by atoms with Gasteiger partial charge in [-0.2, -0.15) is 0 Å². The zero-order valence-corrected chi connectivity index (χ0v) is 18.8. The largest absolute Gasteiger partial charge is 0.367 e. The van der Waals surface area contributed by atoms with Crippen molar-refractivity contribution in [2.75, 3.05) is 44.2 Å². The van der Waals surface area contributed by atoms with Crippen LogP contribution in [0.25, 0.3) is 10.9 Å². The van der Waals surface area contributed by atoms with Crippen molar-refractivity contribution in [1.29, 1.82) is 0 Å². The number of halogens is 1. The number of fused-ring (bicyclic) bond motifs is 1. The molecule has 6 nitrogen and oxygen atoms in total. The Morgan fingerprint density at radius 1 is 0.818 bits per heavy atom. The van der Waals surface area contributed by atoms with Crippen molar-refractivity contribution >= 4 is 22.6 Å². The lowest BCUT2D eigenvalue weighted by Gasteiger charge is -2.39. The maximum Gasteiger partial charge on any atom is 0.320 e. The van der Waals surface area contributed by atoms with Crippen LogP contribution in [0.4, 0.5) is 14.9 Å². The van der Waals surface area contributed by atoms with Crippen LogP contribution < -0.4 is 10.5 Å². The van der Waals surface area contributed by atoms with E-state index in [9.17, 15) is 14.0 Å². The number of anilines is 1. The van der Waals surface area contributed by atoms with Gasteiger partial charge in [0.1, 0.15) is 5.82 Å². The lowest BCUT2D eigenvalue weighted by Crippen LogP contribution is -2.53. The molecule has 2 aliphatic rings. The normalized spacial score (nSPS) is 16.9. The van der Waals surface area contributed by atoms with Crippen LogP contribution in [0.15, 0.2) is 59.4 Å². The maximum absolute atomic E-state index is 13.3. The third-order valence-electron chi connectivity index (χ3n) is 6.77. The van der Waals surface area contributed by atoms with Gasteiger partial charge in [0.05, 0.1) is 17.7 Å². The van der Waals surface area contributed by atoms with Crippen molar-refractivity contribution in [3.05, 3.63) is 76.3 Å². The molecule has 0 saturated carbocycles. The lowest BCUT2D eigenvalue weighted by molar-refractivity contribution is 0.141. The number of benzene rings is 2. The van der Waals surface area contributed by atoms with Crippen molar-refractivity contribution in [1.82, 2.24) is 14.4 Å². The number of carbonyl (C=O) groups excluding carboxylic acids is 1. The van der Waals surface area contributed by atoms with E-state index < -0.39 is 0 Å². The van der Waals surface area contributed by atoms with Crippen LogP contribution in [0.5, 0.6) is 0 Å². The first-order valence-corrected chi connectivity index (χ1v) is 11.8. The first-order chi connectivity index (χ1) is 16.1. The number of aromatic nitrogens is 1. The molecule has 2 fully saturated rings. The molecule has 2 aromatic carbocycles. The molecule has 172 valence electrons. The number of para-hydroxylation sites is 1. The van der Waals surface area contributed by atoms with Gasteiger partial charge in [-0.05, 0) is 43.0 Å². The van der Waals surface area contributed by atoms with Gasteiger partial charge in [0.15, 0.2) is 0 Å². The highest BCUT2D eigenvalue weighted by Crippen LogP contribution is 2.27. The van der Waals surface area contributed by atoms with Crippen molar-refractivity contribution in [3.63, 3.8) is 0 Å². The summed E-state index contributed by atoms with van der Waals surface area (Å²) in [6, 6.07) is 16.0. The van der Waals surface area contributed by atoms with Crippen LogP contribution in [0.3, 0.4) is 0 Å². The highest BCUT2D eigenvalue weighted by molar-refractivity contribution is 5.92. The smallest absolute Gasteiger partial charge is 0.320 e. The van der Waals surface area contributed by atoms with Gasteiger partial charge >= 0.3 is 6.03 Å². The molecule has 33 heavy (non-hydrogen) atoms. The van der Waals surface area contributed by atoms with E-state index in [0.717, 1.165) is 48.1 Å². The summed E-state index contributed by atoms with van der Waals surface area (Å²) < 4.78 is 15.0. The number of hydrogen-bond donors (Lipinski definition) is 0. The summed E-state index contributed by atoms with van der Waals surface area (Å²) in [5.74, 6) is -0.288. The van der Waals surface area contributed by atoms with E-state index in [1.165, 1.54) is 18.6 Å². The predicted molar refractivity (Wildman–Crippen MR) is 128 cm³/mol. The summed E-state index contributed by atoms with van der Waals surface area (Å²) in [6.45, 7) is 4.81. The Balaban J connectivity index is 1.38. The van der Waals surface area contributed by atoms with Crippen LogP contribution >= 0.6 is 0 Å². The average Bonchev–Trinajstić information content (AvgIpc) is 2.87. The first-order valence-electron chi connectivity index (χ1n) is 11.8. The zero-order chi connectivity index (χ0) is 22.8. The minimum atomic E-state index is -0.288. The van der Waals surface area contributed by atoms with Gasteiger partial charge in [-0.3, -0.25) is 4.79 Å². The Morgan fingerprint density at radius 3 is 2.21 bits per heavy atom. The fraction of sp³-hybridized carbons (Fsp3) is 0.385. The molecule has 2 saturated heterocycles. The summed E-state index contributed by atoms with van der Waals surface area (Å²) in [5.41, 5.74) is 2.56. The van der Waals surface area contributed by atoms with Gasteiger partial charge in [0.25, 0.3) is 5.56 Å². The van der Waals surface area contributed by atoms with E-state index in [-0.39, 0.29) is 17.4 Å². The molecule has 0 bridgehead atoms. The van der Waals surface area contributed by atoms with E-state index in [0.29, 0.717) is 32.7 Å². The number of piperazine rings is 1. The number of nitrogens with zero attached hydrogens (tertiary/aromatic N) is 4. The second-order valence-corrected chi connectivity index (χ2v) is 8.90. The highest BCUT2D eigenvalue weighted by Gasteiger charge is 2.27. The molecule has 5 rings (SSSR count). The number of pyridine rings is 1. The van der Waals surface area contributed by atoms with Crippen molar-refractivity contribution < 1.29 is 9.18 Å². The van der Waals surface area contributed by atoms with Gasteiger partial charge in [0.2, 0.25) is 0 Å². The first kappa shape index (κ1) is 21.5. The number of carbonyl (C=O) groups is 1. The summed E-state index contributed by atoms with van der Waals surface area (Å²) in [7, 11) is 0. The SMILES string of the molecule is O=C(N1CCCCC1)N1CCN(c2cc(=O)n(Cc3ccc(F)cc3)c3ccccc23)CC1. The minimum Gasteiger partial charge on any atom is -0.367 e. The summed E-state index contributed by atoms with van der Waals surface area (Å²) in [5, 5.41) is 1.01. The molecule has 0 aliphatic carbocycles. The molecule has 3 aromatic rings. The van der Waals surface area contributed by atoms with Gasteiger partial charge in [-0.1, -0.05) is 30.3 Å². The molecule has 0 unspecified atom stereocenters. The molecule has 2 amide bonds. The van der Waals surface area contributed by atoms with E-state index >= 15 is 0 Å². The molecule has 1 aromatic heterocycles. The Labute approximate surface area is 192 Å². The number of amides is 2. The number of urea groups is 1. The predicted octanol–water partition coefficient (Wildman–Crippen LogP) is 3.92. The third-order valence-corrected chi connectivity index (χ3v) is 6.77. The fourth-order valence-electron chi connectivity index (χ4n) is 4.94. The molecule has 0 radical (unpaired) electrons. The quantitative estimate of drug-likeness (QED) is 0.610. The van der Waals surface area contributed by atoms with Gasteiger partial charge < -0.3 is 19.3 Å². The molecule has 0 atom stereocenters. The van der Waals surface area contributed by atoms with Crippen LogP contribution in [0, 0.1) is 5.82 Å². The van der Waals surface area contributed by atoms with Crippen LogP contribution in [-0.2, 0) is 6.54 Å². The van der Waals surface area contributed by atoms with Gasteiger partial charge in [-0.15, -0.1) is 0 Å². The van der Waals surface area contributed by atoms with Crippen molar-refractivity contribution in [3.8, 4) is 0 Å². The number of piperidine rings is 1. The van der Waals surface area contributed by atoms with Gasteiger partial charge in [-0.25, -0.2) is 9.18 Å². The average molecular weight is 449 g/mol. The Bertz CT molecular complexity index is 1190. The third kappa shape index (κ3) is 4.45. The summed E-state index contributed by atoms with van der Waals surface area (Å²) >= 11 is 0. The molecule has 3 heterocycles. The highest BCUT2D eigenvalue weighted by atomic mass is 19.1. The summed E-state index contributed by atoms with van der Waals surface area (Å²) in [6.07, 6.45) is 3.38. The number of likely N-dealkylation sites (tertiary alicyclic amines) is 1. The Hall–Kier alpha value is -3.35.